The molecular formula is C6H14O6. The van der Waals surface area contributed by atoms with Crippen molar-refractivity contribution in [3.8, 4) is 0 Å². The number of aliphatic hydroxyl groups excluding tert-OH is 5. The summed E-state index contributed by atoms with van der Waals surface area (Å²) in [7, 11) is 0. The summed E-state index contributed by atoms with van der Waals surface area (Å²) in [5.74, 6) is 0. The molecule has 6 nitrogen and oxygen atoms in total. The van der Waals surface area contributed by atoms with Gasteiger partial charge in [0, 0.05) is 0 Å². The van der Waals surface area contributed by atoms with E-state index in [-0.39, 0.29) is 13.2 Å². The molecule has 5 N–H and O–H groups in total. The lowest BCUT2D eigenvalue weighted by Gasteiger charge is -2.20. The molecule has 6 heteroatoms. The predicted octanol–water partition coefficient (Wildman–Crippen LogP) is -2.97. The molecule has 0 aromatic heterocycles. The van der Waals surface area contributed by atoms with Crippen LogP contribution in [0.1, 0.15) is 0 Å². The second-order valence-electron chi connectivity index (χ2n) is 2.23. The highest BCUT2D eigenvalue weighted by atomic mass is 16.6. The van der Waals surface area contributed by atoms with Crippen LogP contribution in [-0.4, -0.2) is 63.9 Å². The molecule has 12 heavy (non-hydrogen) atoms. The molecule has 0 fully saturated rings. The molecule has 0 saturated heterocycles. The summed E-state index contributed by atoms with van der Waals surface area (Å²) in [5, 5.41) is 43.3. The summed E-state index contributed by atoms with van der Waals surface area (Å²) < 4.78 is 4.46. The maximum atomic E-state index is 8.95. The van der Waals surface area contributed by atoms with E-state index in [0.29, 0.717) is 0 Å². The van der Waals surface area contributed by atoms with Gasteiger partial charge >= 0.3 is 0 Å². The van der Waals surface area contributed by atoms with E-state index >= 15 is 0 Å². The molecule has 0 unspecified atom stereocenters. The Morgan fingerprint density at radius 3 is 2.08 bits per heavy atom. The third-order valence-electron chi connectivity index (χ3n) is 1.25. The molecular weight excluding hydrogens is 168 g/mol. The highest BCUT2D eigenvalue weighted by molar-refractivity contribution is 4.68. The lowest BCUT2D eigenvalue weighted by Crippen LogP contribution is -2.41. The van der Waals surface area contributed by atoms with Crippen LogP contribution in [0.4, 0.5) is 0 Å². The standard InChI is InChI=1S/C6H14O6/c7-1-2-12-6(11)5(10)4(9)3-8/h4-11H,1-3H2/t4-,5-,6-/m0/s1. The lowest BCUT2D eigenvalue weighted by atomic mass is 10.2. The van der Waals surface area contributed by atoms with Crippen LogP contribution in [0, 0.1) is 0 Å². The van der Waals surface area contributed by atoms with Crippen LogP contribution >= 0.6 is 0 Å². The van der Waals surface area contributed by atoms with Gasteiger partial charge in [-0.25, -0.2) is 0 Å². The summed E-state index contributed by atoms with van der Waals surface area (Å²) >= 11 is 0. The van der Waals surface area contributed by atoms with Gasteiger partial charge in [0.1, 0.15) is 12.2 Å². The molecule has 0 radical (unpaired) electrons. The van der Waals surface area contributed by atoms with Gasteiger partial charge in [0.25, 0.3) is 0 Å². The van der Waals surface area contributed by atoms with Crippen LogP contribution in [0.5, 0.6) is 0 Å². The molecule has 0 heterocycles. The van der Waals surface area contributed by atoms with Gasteiger partial charge < -0.3 is 30.3 Å². The van der Waals surface area contributed by atoms with Crippen molar-refractivity contribution in [2.75, 3.05) is 19.8 Å². The Kier molecular flexibility index (Phi) is 6.17. The van der Waals surface area contributed by atoms with Crippen LogP contribution in [0.15, 0.2) is 0 Å². The van der Waals surface area contributed by atoms with E-state index in [1.54, 1.807) is 0 Å². The number of rotatable bonds is 6. The van der Waals surface area contributed by atoms with Gasteiger partial charge in [-0.15, -0.1) is 0 Å². The first kappa shape index (κ1) is 11.8. The maximum Gasteiger partial charge on any atom is 0.183 e. The van der Waals surface area contributed by atoms with Gasteiger partial charge in [-0.2, -0.15) is 0 Å². The Balaban J connectivity index is 3.67. The topological polar surface area (TPSA) is 110 Å². The van der Waals surface area contributed by atoms with E-state index in [1.807, 2.05) is 0 Å². The minimum absolute atomic E-state index is 0.142. The van der Waals surface area contributed by atoms with Crippen molar-refractivity contribution in [3.63, 3.8) is 0 Å². The van der Waals surface area contributed by atoms with Gasteiger partial charge in [0.2, 0.25) is 0 Å². The van der Waals surface area contributed by atoms with Crippen LogP contribution in [0.3, 0.4) is 0 Å². The van der Waals surface area contributed by atoms with E-state index in [2.05, 4.69) is 4.74 Å². The van der Waals surface area contributed by atoms with Crippen molar-refractivity contribution in [1.82, 2.24) is 0 Å². The Morgan fingerprint density at radius 2 is 1.67 bits per heavy atom. The van der Waals surface area contributed by atoms with Crippen LogP contribution in [0.2, 0.25) is 0 Å². The Morgan fingerprint density at radius 1 is 1.08 bits per heavy atom. The first-order valence-corrected chi connectivity index (χ1v) is 3.51. The Bertz CT molecular complexity index is 108. The van der Waals surface area contributed by atoms with Crippen LogP contribution in [-0.2, 0) is 4.74 Å². The third-order valence-corrected chi connectivity index (χ3v) is 1.25. The zero-order chi connectivity index (χ0) is 9.56. The van der Waals surface area contributed by atoms with Crippen molar-refractivity contribution < 1.29 is 30.3 Å². The summed E-state index contributed by atoms with van der Waals surface area (Å²) in [6.07, 6.45) is -4.61. The number of hydrogen-bond acceptors (Lipinski definition) is 6. The zero-order valence-corrected chi connectivity index (χ0v) is 6.50. The first-order valence-electron chi connectivity index (χ1n) is 3.51. The van der Waals surface area contributed by atoms with Crippen molar-refractivity contribution in [2.45, 2.75) is 18.5 Å². The van der Waals surface area contributed by atoms with Crippen molar-refractivity contribution in [2.24, 2.45) is 0 Å². The zero-order valence-electron chi connectivity index (χ0n) is 6.50. The fourth-order valence-electron chi connectivity index (χ4n) is 0.570. The molecule has 0 aliphatic heterocycles. The van der Waals surface area contributed by atoms with Gasteiger partial charge in [-0.05, 0) is 0 Å². The average Bonchev–Trinajstić information content (AvgIpc) is 2.11. The van der Waals surface area contributed by atoms with E-state index in [4.69, 9.17) is 25.5 Å². The minimum atomic E-state index is -1.60. The summed E-state index contributed by atoms with van der Waals surface area (Å²) in [5.41, 5.74) is 0. The normalized spacial score (nSPS) is 18.8. The quantitative estimate of drug-likeness (QED) is 0.280. The Hall–Kier alpha value is -0.240. The van der Waals surface area contributed by atoms with E-state index in [1.165, 1.54) is 0 Å². The average molecular weight is 182 g/mol. The van der Waals surface area contributed by atoms with Crippen LogP contribution < -0.4 is 0 Å². The second kappa shape index (κ2) is 6.30. The molecule has 0 amide bonds. The van der Waals surface area contributed by atoms with Crippen LogP contribution in [0.25, 0.3) is 0 Å². The van der Waals surface area contributed by atoms with Crippen molar-refractivity contribution in [1.29, 1.82) is 0 Å². The summed E-state index contributed by atoms with van der Waals surface area (Å²) in [6.45, 7) is -1.10. The fraction of sp³-hybridized carbons (Fsp3) is 1.00. The molecule has 74 valence electrons. The Labute approximate surface area is 69.6 Å². The molecule has 0 aromatic rings. The first-order chi connectivity index (χ1) is 5.63. The van der Waals surface area contributed by atoms with Crippen molar-refractivity contribution >= 4 is 0 Å². The largest absolute Gasteiger partial charge is 0.394 e. The van der Waals surface area contributed by atoms with Gasteiger partial charge in [0.05, 0.1) is 19.8 Å². The highest BCUT2D eigenvalue weighted by Crippen LogP contribution is 2.00. The minimum Gasteiger partial charge on any atom is -0.394 e. The third kappa shape index (κ3) is 3.96. The molecule has 0 aliphatic rings. The maximum absolute atomic E-state index is 8.95. The number of ether oxygens (including phenoxy) is 1. The van der Waals surface area contributed by atoms with Crippen molar-refractivity contribution in [3.05, 3.63) is 0 Å². The predicted molar refractivity (Wildman–Crippen MR) is 38.1 cm³/mol. The lowest BCUT2D eigenvalue weighted by molar-refractivity contribution is -0.195. The second-order valence-corrected chi connectivity index (χ2v) is 2.23. The monoisotopic (exact) mass is 182 g/mol. The molecule has 0 spiro atoms. The molecule has 0 saturated carbocycles. The number of aliphatic hydroxyl groups is 5. The molecule has 3 atom stereocenters. The molecule has 0 rings (SSSR count). The van der Waals surface area contributed by atoms with Gasteiger partial charge in [-0.1, -0.05) is 0 Å². The molecule has 0 aromatic carbocycles. The summed E-state index contributed by atoms with van der Waals surface area (Å²) in [6, 6.07) is 0. The van der Waals surface area contributed by atoms with E-state index in [9.17, 15) is 0 Å². The smallest absolute Gasteiger partial charge is 0.183 e. The summed E-state index contributed by atoms with van der Waals surface area (Å²) in [4.78, 5) is 0. The highest BCUT2D eigenvalue weighted by Gasteiger charge is 2.24. The van der Waals surface area contributed by atoms with Gasteiger partial charge in [0.15, 0.2) is 6.29 Å². The van der Waals surface area contributed by atoms with Gasteiger partial charge in [-0.3, -0.25) is 0 Å². The van der Waals surface area contributed by atoms with E-state index in [0.717, 1.165) is 0 Å². The van der Waals surface area contributed by atoms with E-state index < -0.39 is 25.1 Å². The number of hydrogen-bond donors (Lipinski definition) is 5. The fourth-order valence-corrected chi connectivity index (χ4v) is 0.570. The SMILES string of the molecule is OCCO[C@H](O)[C@@H](O)[C@@H](O)CO. The molecule has 0 aliphatic carbocycles. The molecule has 0 bridgehead atoms.